The molecule has 0 aromatic carbocycles. The zero-order valence-electron chi connectivity index (χ0n) is 44.8. The summed E-state index contributed by atoms with van der Waals surface area (Å²) in [4.78, 5) is 38.1. The van der Waals surface area contributed by atoms with Gasteiger partial charge in [0, 0.05) is 19.3 Å². The molecule has 0 N–H and O–H groups in total. The number of hydrogen-bond acceptors (Lipinski definition) is 6. The van der Waals surface area contributed by atoms with Gasteiger partial charge in [-0.05, 0) is 89.9 Å². The Bertz CT molecular complexity index is 1420. The third-order valence-electron chi connectivity index (χ3n) is 11.8. The summed E-state index contributed by atoms with van der Waals surface area (Å²) in [5.74, 6) is -1.03. The summed E-state index contributed by atoms with van der Waals surface area (Å²) in [6.45, 7) is 6.33. The van der Waals surface area contributed by atoms with Crippen LogP contribution in [-0.2, 0) is 28.6 Å². The van der Waals surface area contributed by atoms with Crippen LogP contribution in [-0.4, -0.2) is 37.2 Å². The molecule has 0 saturated heterocycles. The van der Waals surface area contributed by atoms with Crippen LogP contribution in [0.3, 0.4) is 0 Å². The molecule has 6 heteroatoms. The molecular formula is C63H104O6. The zero-order valence-corrected chi connectivity index (χ0v) is 44.8. The first-order valence-corrected chi connectivity index (χ1v) is 28.4. The van der Waals surface area contributed by atoms with E-state index in [1.807, 2.05) is 12.2 Å². The first kappa shape index (κ1) is 65.1. The standard InChI is InChI=1S/C63H104O6/c1-4-7-10-13-16-19-22-25-28-31-32-33-36-38-41-44-47-50-53-56-62(65)68-59-60(69-63(66)57-54-51-48-45-42-39-35-30-27-24-21-18-15-12-9-6-3)58-67-61(64)55-52-49-46-43-40-37-34-29-26-23-20-17-14-11-8-5-2/h8-9,11-12,17-18,20-21,26-27,29-30,37,39-40,42,48,51,60H,4-7,10,13-16,19,22-25,28,31-36,38,41,43-47,49-50,52-59H2,1-3H3/b11-8-,12-9-,20-17-,21-18-,29-26-,30-27-,40-37-,42-39-,51-48-. The molecular weight excluding hydrogens is 853 g/mol. The Morgan fingerprint density at radius 3 is 0.942 bits per heavy atom. The molecule has 0 aliphatic rings. The predicted octanol–water partition coefficient (Wildman–Crippen LogP) is 19.1. The molecule has 0 spiro atoms. The Hall–Kier alpha value is -3.93. The highest BCUT2D eigenvalue weighted by molar-refractivity contribution is 5.71. The molecule has 0 bridgehead atoms. The van der Waals surface area contributed by atoms with Crippen LogP contribution in [0.5, 0.6) is 0 Å². The van der Waals surface area contributed by atoms with Crippen LogP contribution in [0.4, 0.5) is 0 Å². The number of esters is 3. The van der Waals surface area contributed by atoms with Gasteiger partial charge in [-0.1, -0.05) is 252 Å². The number of allylic oxidation sites excluding steroid dienone is 18. The van der Waals surface area contributed by atoms with Crippen LogP contribution in [0.1, 0.15) is 252 Å². The van der Waals surface area contributed by atoms with Crippen molar-refractivity contribution in [3.63, 3.8) is 0 Å². The lowest BCUT2D eigenvalue weighted by molar-refractivity contribution is -0.166. The van der Waals surface area contributed by atoms with Crippen LogP contribution in [0.25, 0.3) is 0 Å². The SMILES string of the molecule is CC/C=C\C/C=C\C/C=C\C/C=C\C/C=C\CCC(=O)OC(COC(=O)CCCCC/C=C\C/C=C\C/C=C\C/C=C\CC)COC(=O)CCCCCCCCCCCCCCCCCCCCC. The van der Waals surface area contributed by atoms with Crippen molar-refractivity contribution < 1.29 is 28.6 Å². The number of hydrogen-bond donors (Lipinski definition) is 0. The lowest BCUT2D eigenvalue weighted by Gasteiger charge is -2.18. The van der Waals surface area contributed by atoms with E-state index in [-0.39, 0.29) is 31.6 Å². The van der Waals surface area contributed by atoms with Gasteiger partial charge in [0.05, 0.1) is 0 Å². The summed E-state index contributed by atoms with van der Waals surface area (Å²) in [7, 11) is 0. The predicted molar refractivity (Wildman–Crippen MR) is 297 cm³/mol. The minimum absolute atomic E-state index is 0.118. The number of carbonyl (C=O) groups is 3. The van der Waals surface area contributed by atoms with Crippen LogP contribution in [0.15, 0.2) is 109 Å². The molecule has 392 valence electrons. The van der Waals surface area contributed by atoms with Crippen molar-refractivity contribution in [1.29, 1.82) is 0 Å². The fraction of sp³-hybridized carbons (Fsp3) is 0.667. The van der Waals surface area contributed by atoms with E-state index in [9.17, 15) is 14.4 Å². The summed E-state index contributed by atoms with van der Waals surface area (Å²) in [5, 5.41) is 0. The molecule has 1 atom stereocenters. The third-order valence-corrected chi connectivity index (χ3v) is 11.8. The minimum atomic E-state index is -0.831. The lowest BCUT2D eigenvalue weighted by atomic mass is 10.0. The normalized spacial score (nSPS) is 12.9. The number of rotatable bonds is 50. The van der Waals surface area contributed by atoms with Gasteiger partial charge in [-0.3, -0.25) is 14.4 Å². The monoisotopic (exact) mass is 957 g/mol. The molecule has 0 aliphatic carbocycles. The lowest BCUT2D eigenvalue weighted by Crippen LogP contribution is -2.30. The van der Waals surface area contributed by atoms with Crippen molar-refractivity contribution in [2.45, 2.75) is 258 Å². The second kappa shape index (κ2) is 56.7. The maximum atomic E-state index is 12.8. The number of unbranched alkanes of at least 4 members (excludes halogenated alkanes) is 21. The van der Waals surface area contributed by atoms with Crippen LogP contribution in [0, 0.1) is 0 Å². The summed E-state index contributed by atoms with van der Waals surface area (Å²) >= 11 is 0. The van der Waals surface area contributed by atoms with Crippen molar-refractivity contribution in [3.05, 3.63) is 109 Å². The summed E-state index contributed by atoms with van der Waals surface area (Å²) in [6.07, 6.45) is 76.7. The average molecular weight is 958 g/mol. The molecule has 0 rings (SSSR count). The molecule has 0 saturated carbocycles. The molecule has 0 heterocycles. The topological polar surface area (TPSA) is 78.9 Å². The van der Waals surface area contributed by atoms with E-state index in [0.717, 1.165) is 103 Å². The van der Waals surface area contributed by atoms with Crippen molar-refractivity contribution in [3.8, 4) is 0 Å². The van der Waals surface area contributed by atoms with E-state index in [0.29, 0.717) is 19.3 Å². The fourth-order valence-electron chi connectivity index (χ4n) is 7.60. The van der Waals surface area contributed by atoms with Gasteiger partial charge in [-0.25, -0.2) is 0 Å². The molecule has 6 nitrogen and oxygen atoms in total. The Morgan fingerprint density at radius 1 is 0.304 bits per heavy atom. The van der Waals surface area contributed by atoms with Crippen molar-refractivity contribution in [2.75, 3.05) is 13.2 Å². The molecule has 0 radical (unpaired) electrons. The molecule has 0 amide bonds. The fourth-order valence-corrected chi connectivity index (χ4v) is 7.60. The van der Waals surface area contributed by atoms with Gasteiger partial charge < -0.3 is 14.2 Å². The first-order chi connectivity index (χ1) is 34.0. The van der Waals surface area contributed by atoms with Gasteiger partial charge in [0.1, 0.15) is 13.2 Å². The summed E-state index contributed by atoms with van der Waals surface area (Å²) in [5.41, 5.74) is 0. The number of carbonyl (C=O) groups excluding carboxylic acids is 3. The molecule has 0 aliphatic heterocycles. The summed E-state index contributed by atoms with van der Waals surface area (Å²) < 4.78 is 16.8. The van der Waals surface area contributed by atoms with E-state index in [1.165, 1.54) is 103 Å². The van der Waals surface area contributed by atoms with E-state index >= 15 is 0 Å². The summed E-state index contributed by atoms with van der Waals surface area (Å²) in [6, 6.07) is 0. The quantitative estimate of drug-likeness (QED) is 0.0262. The van der Waals surface area contributed by atoms with Crippen molar-refractivity contribution in [2.24, 2.45) is 0 Å². The molecule has 0 aromatic heterocycles. The van der Waals surface area contributed by atoms with E-state index in [1.54, 1.807) is 0 Å². The molecule has 0 aromatic rings. The van der Waals surface area contributed by atoms with Crippen molar-refractivity contribution in [1.82, 2.24) is 0 Å². The molecule has 1 unspecified atom stereocenters. The smallest absolute Gasteiger partial charge is 0.306 e. The average Bonchev–Trinajstić information content (AvgIpc) is 3.35. The Labute approximate surface area is 425 Å². The van der Waals surface area contributed by atoms with Gasteiger partial charge in [-0.15, -0.1) is 0 Å². The zero-order chi connectivity index (χ0) is 50.0. The minimum Gasteiger partial charge on any atom is -0.462 e. The maximum absolute atomic E-state index is 12.8. The third kappa shape index (κ3) is 54.9. The van der Waals surface area contributed by atoms with E-state index < -0.39 is 12.1 Å². The Balaban J connectivity index is 4.50. The Morgan fingerprint density at radius 2 is 0.594 bits per heavy atom. The Kier molecular flexibility index (Phi) is 53.4. The highest BCUT2D eigenvalue weighted by atomic mass is 16.6. The highest BCUT2D eigenvalue weighted by Gasteiger charge is 2.19. The van der Waals surface area contributed by atoms with Gasteiger partial charge in [0.2, 0.25) is 0 Å². The maximum Gasteiger partial charge on any atom is 0.306 e. The molecule has 69 heavy (non-hydrogen) atoms. The van der Waals surface area contributed by atoms with Crippen molar-refractivity contribution >= 4 is 17.9 Å². The van der Waals surface area contributed by atoms with Gasteiger partial charge in [0.15, 0.2) is 6.10 Å². The van der Waals surface area contributed by atoms with E-state index in [4.69, 9.17) is 14.2 Å². The molecule has 0 fully saturated rings. The van der Waals surface area contributed by atoms with Crippen LogP contribution in [0.2, 0.25) is 0 Å². The van der Waals surface area contributed by atoms with Gasteiger partial charge >= 0.3 is 17.9 Å². The van der Waals surface area contributed by atoms with Crippen LogP contribution >= 0.6 is 0 Å². The van der Waals surface area contributed by atoms with Gasteiger partial charge in [-0.2, -0.15) is 0 Å². The van der Waals surface area contributed by atoms with Gasteiger partial charge in [0.25, 0.3) is 0 Å². The number of ether oxygens (including phenoxy) is 3. The second-order valence-electron chi connectivity index (χ2n) is 18.4. The largest absolute Gasteiger partial charge is 0.462 e. The first-order valence-electron chi connectivity index (χ1n) is 28.4. The highest BCUT2D eigenvalue weighted by Crippen LogP contribution is 2.16. The second-order valence-corrected chi connectivity index (χ2v) is 18.4. The van der Waals surface area contributed by atoms with Crippen LogP contribution < -0.4 is 0 Å². The van der Waals surface area contributed by atoms with E-state index in [2.05, 4.69) is 118 Å².